The number of allylic oxidation sites excluding steroid dienone is 4. The van der Waals surface area contributed by atoms with Gasteiger partial charge >= 0.3 is 0 Å². The topological polar surface area (TPSA) is 73.5 Å². The first-order chi connectivity index (χ1) is 13.4. The molecule has 2 heterocycles. The highest BCUT2D eigenvalue weighted by Gasteiger charge is 2.45. The number of rotatable bonds is 1. The van der Waals surface area contributed by atoms with E-state index >= 15 is 0 Å². The number of Topliss-reactive ketones (excluding diaryl/α,β-unsaturated/α-hetero) is 1. The van der Waals surface area contributed by atoms with Crippen molar-refractivity contribution >= 4 is 28.8 Å². The first-order valence-corrected chi connectivity index (χ1v) is 9.74. The lowest BCUT2D eigenvalue weighted by atomic mass is 9.81. The van der Waals surface area contributed by atoms with Crippen LogP contribution in [0.15, 0.2) is 41.5 Å². The highest BCUT2D eigenvalue weighted by molar-refractivity contribution is 6.17. The maximum atomic E-state index is 13.3. The first kappa shape index (κ1) is 17.1. The highest BCUT2D eigenvalue weighted by atomic mass is 16.2. The standard InChI is InChI=1S/C22H24N4O2/c1-12-24-19-16(26(12)3)8-15(21(28)23-2)18-17(27)11-22(25-20(18)19)9-13-6-4-5-7-14(13)10-22/h4-6,8,10,12,24-25H,7,9,11H2,1-3H3,(H,23,28). The molecule has 2 aliphatic carbocycles. The van der Waals surface area contributed by atoms with Gasteiger partial charge in [-0.15, -0.1) is 0 Å². The van der Waals surface area contributed by atoms with Gasteiger partial charge in [0.1, 0.15) is 0 Å². The Hall–Kier alpha value is -3.02. The second kappa shape index (κ2) is 5.74. The molecule has 4 aliphatic rings. The van der Waals surface area contributed by atoms with E-state index in [0.29, 0.717) is 17.5 Å². The first-order valence-electron chi connectivity index (χ1n) is 9.74. The molecular weight excluding hydrogens is 352 g/mol. The highest BCUT2D eigenvalue weighted by Crippen LogP contribution is 2.51. The molecule has 3 N–H and O–H groups in total. The van der Waals surface area contributed by atoms with Gasteiger partial charge in [0.2, 0.25) is 0 Å². The van der Waals surface area contributed by atoms with Crippen molar-refractivity contribution in [3.8, 4) is 0 Å². The Morgan fingerprint density at radius 3 is 2.86 bits per heavy atom. The Morgan fingerprint density at radius 1 is 1.29 bits per heavy atom. The summed E-state index contributed by atoms with van der Waals surface area (Å²) in [5, 5.41) is 9.85. The fourth-order valence-electron chi connectivity index (χ4n) is 4.86. The molecule has 0 bridgehead atoms. The Morgan fingerprint density at radius 2 is 2.11 bits per heavy atom. The number of ketones is 1. The molecule has 5 rings (SSSR count). The lowest BCUT2D eigenvalue weighted by molar-refractivity contribution is 0.0927. The number of hydrogen-bond donors (Lipinski definition) is 3. The molecule has 0 saturated heterocycles. The van der Waals surface area contributed by atoms with E-state index in [4.69, 9.17) is 0 Å². The van der Waals surface area contributed by atoms with E-state index in [1.54, 1.807) is 7.05 Å². The second-order valence-electron chi connectivity index (χ2n) is 8.13. The van der Waals surface area contributed by atoms with Crippen LogP contribution in [0.2, 0.25) is 0 Å². The average molecular weight is 376 g/mol. The average Bonchev–Trinajstić information content (AvgIpc) is 3.17. The van der Waals surface area contributed by atoms with Gasteiger partial charge in [-0.3, -0.25) is 9.59 Å². The minimum atomic E-state index is -0.418. The number of amides is 1. The van der Waals surface area contributed by atoms with Crippen LogP contribution in [0.4, 0.5) is 17.1 Å². The summed E-state index contributed by atoms with van der Waals surface area (Å²) in [5.74, 6) is -0.216. The molecule has 144 valence electrons. The van der Waals surface area contributed by atoms with Crippen LogP contribution >= 0.6 is 0 Å². The zero-order chi connectivity index (χ0) is 19.6. The summed E-state index contributed by atoms with van der Waals surface area (Å²) in [6.45, 7) is 2.06. The maximum Gasteiger partial charge on any atom is 0.251 e. The molecule has 1 amide bonds. The van der Waals surface area contributed by atoms with Crippen molar-refractivity contribution in [3.63, 3.8) is 0 Å². The van der Waals surface area contributed by atoms with Gasteiger partial charge in [-0.2, -0.15) is 0 Å². The van der Waals surface area contributed by atoms with Gasteiger partial charge in [-0.1, -0.05) is 24.3 Å². The summed E-state index contributed by atoms with van der Waals surface area (Å²) < 4.78 is 0. The van der Waals surface area contributed by atoms with E-state index < -0.39 is 5.54 Å². The Labute approximate surface area is 164 Å². The second-order valence-corrected chi connectivity index (χ2v) is 8.13. The minimum absolute atomic E-state index is 0.0169. The normalized spacial score (nSPS) is 26.8. The third-order valence-corrected chi connectivity index (χ3v) is 6.36. The van der Waals surface area contributed by atoms with Gasteiger partial charge in [0, 0.05) is 20.5 Å². The molecule has 0 aromatic heterocycles. The molecule has 0 radical (unpaired) electrons. The van der Waals surface area contributed by atoms with Gasteiger partial charge in [-0.25, -0.2) is 0 Å². The van der Waals surface area contributed by atoms with E-state index in [2.05, 4.69) is 52.1 Å². The molecule has 2 unspecified atom stereocenters. The van der Waals surface area contributed by atoms with Crippen molar-refractivity contribution < 1.29 is 9.59 Å². The molecule has 0 fully saturated rings. The van der Waals surface area contributed by atoms with Crippen LogP contribution in [0, 0.1) is 0 Å². The quantitative estimate of drug-likeness (QED) is 0.702. The van der Waals surface area contributed by atoms with E-state index in [1.165, 1.54) is 11.1 Å². The maximum absolute atomic E-state index is 13.3. The number of hydrogen-bond acceptors (Lipinski definition) is 5. The Bertz CT molecular complexity index is 1020. The van der Waals surface area contributed by atoms with Gasteiger partial charge in [0.25, 0.3) is 5.91 Å². The summed E-state index contributed by atoms with van der Waals surface area (Å²) in [5.41, 5.74) is 5.71. The molecule has 6 nitrogen and oxygen atoms in total. The Balaban J connectivity index is 1.68. The summed E-state index contributed by atoms with van der Waals surface area (Å²) in [4.78, 5) is 28.0. The third-order valence-electron chi connectivity index (χ3n) is 6.36. The molecule has 1 aromatic carbocycles. The summed E-state index contributed by atoms with van der Waals surface area (Å²) in [7, 11) is 3.59. The lowest BCUT2D eigenvalue weighted by Crippen LogP contribution is -2.42. The van der Waals surface area contributed by atoms with Crippen LogP contribution in [-0.2, 0) is 0 Å². The van der Waals surface area contributed by atoms with Crippen molar-refractivity contribution in [3.05, 3.63) is 52.6 Å². The van der Waals surface area contributed by atoms with Crippen molar-refractivity contribution in [1.29, 1.82) is 0 Å². The largest absolute Gasteiger partial charge is 0.373 e. The molecular formula is C22H24N4O2. The monoisotopic (exact) mass is 376 g/mol. The predicted molar refractivity (Wildman–Crippen MR) is 111 cm³/mol. The molecule has 1 aromatic rings. The zero-order valence-electron chi connectivity index (χ0n) is 16.3. The summed E-state index contributed by atoms with van der Waals surface area (Å²) in [6.07, 6.45) is 10.7. The molecule has 2 atom stereocenters. The molecule has 2 aliphatic heterocycles. The van der Waals surface area contributed by atoms with Gasteiger partial charge in [-0.05, 0) is 37.0 Å². The number of carbonyl (C=O) groups is 2. The van der Waals surface area contributed by atoms with E-state index in [1.807, 2.05) is 13.1 Å². The van der Waals surface area contributed by atoms with Gasteiger partial charge in [0.15, 0.2) is 5.78 Å². The van der Waals surface area contributed by atoms with E-state index in [9.17, 15) is 9.59 Å². The van der Waals surface area contributed by atoms with Crippen LogP contribution in [0.5, 0.6) is 0 Å². The number of nitrogens with one attached hydrogen (secondary N) is 3. The summed E-state index contributed by atoms with van der Waals surface area (Å²) >= 11 is 0. The fraction of sp³-hybridized carbons (Fsp3) is 0.364. The lowest BCUT2D eigenvalue weighted by Gasteiger charge is -2.36. The van der Waals surface area contributed by atoms with Crippen molar-refractivity contribution in [2.75, 3.05) is 29.6 Å². The van der Waals surface area contributed by atoms with Crippen LogP contribution in [-0.4, -0.2) is 37.5 Å². The smallest absolute Gasteiger partial charge is 0.251 e. The van der Waals surface area contributed by atoms with Crippen molar-refractivity contribution in [2.24, 2.45) is 0 Å². The molecule has 6 heteroatoms. The summed E-state index contributed by atoms with van der Waals surface area (Å²) in [6, 6.07) is 1.83. The van der Waals surface area contributed by atoms with Gasteiger partial charge in [0.05, 0.1) is 39.9 Å². The number of nitrogens with zero attached hydrogens (tertiary/aromatic N) is 1. The molecule has 1 spiro atoms. The number of fused-ring (bicyclic) bond motifs is 4. The number of carbonyl (C=O) groups excluding carboxylic acids is 2. The SMILES string of the molecule is CNC(=O)c1cc2c(c3c1C(=O)CC1(C=C4CC=CC=C4C1)N3)NC(C)N2C. The van der Waals surface area contributed by atoms with Gasteiger partial charge < -0.3 is 20.9 Å². The van der Waals surface area contributed by atoms with E-state index in [-0.39, 0.29) is 17.9 Å². The van der Waals surface area contributed by atoms with Crippen molar-refractivity contribution in [1.82, 2.24) is 5.32 Å². The van der Waals surface area contributed by atoms with Crippen molar-refractivity contribution in [2.45, 2.75) is 37.9 Å². The van der Waals surface area contributed by atoms with Crippen LogP contribution in [0.1, 0.15) is 46.9 Å². The Kier molecular flexibility index (Phi) is 3.50. The van der Waals surface area contributed by atoms with Crippen LogP contribution in [0.3, 0.4) is 0 Å². The minimum Gasteiger partial charge on any atom is -0.373 e. The fourth-order valence-corrected chi connectivity index (χ4v) is 4.86. The molecule has 28 heavy (non-hydrogen) atoms. The number of benzene rings is 1. The zero-order valence-corrected chi connectivity index (χ0v) is 16.3. The predicted octanol–water partition coefficient (Wildman–Crippen LogP) is 3.21. The third kappa shape index (κ3) is 2.27. The molecule has 0 saturated carbocycles. The van der Waals surface area contributed by atoms with Crippen LogP contribution in [0.25, 0.3) is 0 Å². The number of anilines is 3. The van der Waals surface area contributed by atoms with Crippen LogP contribution < -0.4 is 20.9 Å². The van der Waals surface area contributed by atoms with E-state index in [0.717, 1.165) is 29.9 Å².